The molecule has 2 fully saturated rings. The van der Waals surface area contributed by atoms with Gasteiger partial charge in [0.05, 0.1) is 28.4 Å². The highest BCUT2D eigenvalue weighted by Crippen LogP contribution is 2.35. The Morgan fingerprint density at radius 1 is 0.929 bits per heavy atom. The topological polar surface area (TPSA) is 112 Å². The number of anilines is 1. The van der Waals surface area contributed by atoms with Crippen LogP contribution in [-0.2, 0) is 23.4 Å². The number of sulfone groups is 1. The van der Waals surface area contributed by atoms with E-state index in [-0.39, 0.29) is 0 Å². The third kappa shape index (κ3) is 4.72. The Morgan fingerprint density at radius 2 is 1.69 bits per heavy atom. The summed E-state index contributed by atoms with van der Waals surface area (Å²) in [7, 11) is -1.31. The van der Waals surface area contributed by atoms with Gasteiger partial charge in [0.1, 0.15) is 11.9 Å². The third-order valence-corrected chi connectivity index (χ3v) is 9.63. The van der Waals surface area contributed by atoms with E-state index in [1.807, 2.05) is 44.0 Å². The van der Waals surface area contributed by atoms with E-state index in [0.29, 0.717) is 22.5 Å². The molecule has 0 radical (unpaired) electrons. The lowest BCUT2D eigenvalue weighted by molar-refractivity contribution is 0.160. The maximum absolute atomic E-state index is 11.8. The van der Waals surface area contributed by atoms with E-state index in [1.165, 1.54) is 6.26 Å². The normalized spacial score (nSPS) is 18.9. The first kappa shape index (κ1) is 26.4. The number of hydrogen-bond donors (Lipinski definition) is 0. The Labute approximate surface area is 244 Å². The predicted molar refractivity (Wildman–Crippen MR) is 159 cm³/mol. The van der Waals surface area contributed by atoms with E-state index in [1.54, 1.807) is 27.5 Å². The van der Waals surface area contributed by atoms with E-state index in [0.717, 1.165) is 71.6 Å². The number of rotatable bonds is 6. The molecule has 42 heavy (non-hydrogen) atoms. The minimum atomic E-state index is -3.20. The fourth-order valence-electron chi connectivity index (χ4n) is 6.37. The first-order chi connectivity index (χ1) is 20.3. The average molecular weight is 579 g/mol. The molecule has 2 bridgehead atoms. The molecule has 0 saturated carbocycles. The van der Waals surface area contributed by atoms with Crippen LogP contribution in [0.5, 0.6) is 0 Å². The van der Waals surface area contributed by atoms with Crippen molar-refractivity contribution in [1.82, 2.24) is 29.3 Å². The van der Waals surface area contributed by atoms with Crippen molar-refractivity contribution in [3.05, 3.63) is 84.6 Å². The van der Waals surface area contributed by atoms with Gasteiger partial charge in [-0.25, -0.2) is 17.9 Å². The first-order valence-corrected chi connectivity index (χ1v) is 15.8. The third-order valence-electron chi connectivity index (χ3n) is 8.50. The van der Waals surface area contributed by atoms with Gasteiger partial charge < -0.3 is 4.90 Å². The van der Waals surface area contributed by atoms with Crippen LogP contribution in [0, 0.1) is 11.3 Å². The quantitative estimate of drug-likeness (QED) is 0.298. The van der Waals surface area contributed by atoms with Gasteiger partial charge >= 0.3 is 0 Å². The Balaban J connectivity index is 1.12. The highest BCUT2D eigenvalue weighted by molar-refractivity contribution is 7.90. The van der Waals surface area contributed by atoms with Crippen LogP contribution in [0.4, 0.5) is 5.82 Å². The van der Waals surface area contributed by atoms with Crippen LogP contribution >= 0.6 is 0 Å². The zero-order chi connectivity index (χ0) is 29.0. The van der Waals surface area contributed by atoms with Crippen molar-refractivity contribution in [1.29, 1.82) is 5.26 Å². The number of nitrogens with zero attached hydrogens (tertiary/aromatic N) is 8. The number of hydrogen-bond acceptors (Lipinski definition) is 8. The number of aromatic nitrogens is 5. The van der Waals surface area contributed by atoms with Crippen molar-refractivity contribution in [3.8, 4) is 28.3 Å². The molecule has 0 spiro atoms. The summed E-state index contributed by atoms with van der Waals surface area (Å²) < 4.78 is 27.2. The number of pyridine rings is 2. The van der Waals surface area contributed by atoms with Crippen molar-refractivity contribution < 1.29 is 8.42 Å². The van der Waals surface area contributed by atoms with Gasteiger partial charge in [0.15, 0.2) is 9.84 Å². The Bertz CT molecular complexity index is 1920. The van der Waals surface area contributed by atoms with Gasteiger partial charge in [-0.3, -0.25) is 9.58 Å². The number of piperazine rings is 1. The second-order valence-electron chi connectivity index (χ2n) is 11.3. The van der Waals surface area contributed by atoms with Crippen molar-refractivity contribution in [2.75, 3.05) is 24.2 Å². The summed E-state index contributed by atoms with van der Waals surface area (Å²) in [6, 6.07) is 16.6. The fourth-order valence-corrected chi connectivity index (χ4v) is 7.00. The van der Waals surface area contributed by atoms with Gasteiger partial charge in [0.2, 0.25) is 0 Å². The molecule has 0 N–H and O–H groups in total. The van der Waals surface area contributed by atoms with Crippen LogP contribution in [0.3, 0.4) is 0 Å². The molecule has 212 valence electrons. The molecule has 2 saturated heterocycles. The summed E-state index contributed by atoms with van der Waals surface area (Å²) in [5, 5.41) is 18.5. The van der Waals surface area contributed by atoms with E-state index in [2.05, 4.69) is 44.3 Å². The molecule has 2 aliphatic heterocycles. The van der Waals surface area contributed by atoms with Crippen LogP contribution < -0.4 is 4.90 Å². The summed E-state index contributed by atoms with van der Waals surface area (Å²) in [5.74, 6) is 0.946. The molecule has 6 heterocycles. The highest BCUT2D eigenvalue weighted by atomic mass is 32.2. The van der Waals surface area contributed by atoms with Crippen molar-refractivity contribution in [2.45, 2.75) is 36.4 Å². The summed E-state index contributed by atoms with van der Waals surface area (Å²) in [5.41, 5.74) is 6.16. The SMILES string of the molecule is Cn1cc(-c2cc(-c3ccc(N4CC5CCC(C4)N5Cc4ccc(S(C)(=O)=O)cc4)nc3)c3c(C#N)cnn3c2)cn1. The first-order valence-electron chi connectivity index (χ1n) is 13.9. The van der Waals surface area contributed by atoms with E-state index in [4.69, 9.17) is 4.98 Å². The summed E-state index contributed by atoms with van der Waals surface area (Å²) in [6.07, 6.45) is 12.7. The molecule has 2 unspecified atom stereocenters. The summed E-state index contributed by atoms with van der Waals surface area (Å²) in [4.78, 5) is 10.2. The molecule has 1 aromatic carbocycles. The maximum Gasteiger partial charge on any atom is 0.175 e. The maximum atomic E-state index is 11.8. The lowest BCUT2D eigenvalue weighted by Gasteiger charge is -2.41. The van der Waals surface area contributed by atoms with Crippen molar-refractivity contribution >= 4 is 21.2 Å². The molecule has 11 heteroatoms. The molecule has 4 aromatic heterocycles. The largest absolute Gasteiger partial charge is 0.353 e. The molecule has 7 rings (SSSR count). The van der Waals surface area contributed by atoms with Crippen molar-refractivity contribution in [3.63, 3.8) is 0 Å². The lowest BCUT2D eigenvalue weighted by atomic mass is 10.0. The minimum Gasteiger partial charge on any atom is -0.353 e. The average Bonchev–Trinajstić information content (AvgIpc) is 3.67. The van der Waals surface area contributed by atoms with E-state index >= 15 is 0 Å². The number of nitriles is 1. The Hall–Kier alpha value is -4.53. The van der Waals surface area contributed by atoms with Gasteiger partial charge in [-0.2, -0.15) is 15.5 Å². The number of fused-ring (bicyclic) bond motifs is 3. The minimum absolute atomic E-state index is 0.357. The monoisotopic (exact) mass is 578 g/mol. The molecule has 2 atom stereocenters. The Kier molecular flexibility index (Phi) is 6.33. The zero-order valence-corrected chi connectivity index (χ0v) is 24.2. The molecular weight excluding hydrogens is 548 g/mol. The van der Waals surface area contributed by atoms with Crippen molar-refractivity contribution in [2.24, 2.45) is 7.05 Å². The lowest BCUT2D eigenvalue weighted by Crippen LogP contribution is -2.53. The van der Waals surface area contributed by atoms with Gasteiger partial charge in [0, 0.05) is 85.9 Å². The summed E-state index contributed by atoms with van der Waals surface area (Å²) >= 11 is 0. The van der Waals surface area contributed by atoms with Crippen LogP contribution in [0.1, 0.15) is 24.0 Å². The van der Waals surface area contributed by atoms with Crippen LogP contribution in [0.15, 0.2) is 78.3 Å². The van der Waals surface area contributed by atoms with Crippen LogP contribution in [0.2, 0.25) is 0 Å². The van der Waals surface area contributed by atoms with Crippen LogP contribution in [0.25, 0.3) is 27.8 Å². The second-order valence-corrected chi connectivity index (χ2v) is 13.3. The number of benzene rings is 1. The fraction of sp³-hybridized carbons (Fsp3) is 0.290. The zero-order valence-electron chi connectivity index (χ0n) is 23.4. The Morgan fingerprint density at radius 3 is 2.31 bits per heavy atom. The van der Waals surface area contributed by atoms with E-state index < -0.39 is 9.84 Å². The predicted octanol–water partition coefficient (Wildman–Crippen LogP) is 3.93. The highest BCUT2D eigenvalue weighted by Gasteiger charge is 2.40. The smallest absolute Gasteiger partial charge is 0.175 e. The molecule has 5 aromatic rings. The van der Waals surface area contributed by atoms with Gasteiger partial charge in [-0.1, -0.05) is 12.1 Å². The summed E-state index contributed by atoms with van der Waals surface area (Å²) in [6.45, 7) is 2.61. The second kappa shape index (κ2) is 10.1. The van der Waals surface area contributed by atoms with E-state index in [9.17, 15) is 13.7 Å². The molecule has 0 aliphatic carbocycles. The molecule has 0 amide bonds. The molecular formula is C31H30N8O2S. The van der Waals surface area contributed by atoms with Gasteiger partial charge in [-0.15, -0.1) is 0 Å². The standard InChI is InChI=1S/C31H30N8O2S/c1-36-17-25(15-34-36)23-11-29(31-24(12-32)14-35-39(31)18-23)22-5-10-30(33-13-22)37-19-26-6-7-27(20-37)38(26)16-21-3-8-28(9-4-21)42(2,40)41/h3-5,8-11,13-15,17-18,26-27H,6-7,16,19-20H2,1-2H3. The molecule has 2 aliphatic rings. The van der Waals surface area contributed by atoms with Crippen LogP contribution in [-0.4, -0.2) is 69.1 Å². The molecule has 10 nitrogen and oxygen atoms in total. The number of aryl methyl sites for hydroxylation is 1. The van der Waals surface area contributed by atoms with Gasteiger partial charge in [0.25, 0.3) is 0 Å². The van der Waals surface area contributed by atoms with Gasteiger partial charge in [-0.05, 0) is 48.7 Å².